The van der Waals surface area contributed by atoms with Gasteiger partial charge in [-0.15, -0.1) is 0 Å². The zero-order chi connectivity index (χ0) is 28.6. The average Bonchev–Trinajstić information content (AvgIpc) is 3.58. The van der Waals surface area contributed by atoms with Crippen molar-refractivity contribution in [1.82, 2.24) is 9.99 Å². The Labute approximate surface area is 232 Å². The van der Waals surface area contributed by atoms with E-state index in [-0.39, 0.29) is 18.1 Å². The third-order valence-electron chi connectivity index (χ3n) is 6.06. The normalized spacial score (nSPS) is 11.7. The molecule has 2 aromatic heterocycles. The predicted molar refractivity (Wildman–Crippen MR) is 148 cm³/mol. The van der Waals surface area contributed by atoms with Crippen LogP contribution in [-0.2, 0) is 16.1 Å². The van der Waals surface area contributed by atoms with Crippen molar-refractivity contribution in [2.24, 2.45) is 5.10 Å². The fourth-order valence-electron chi connectivity index (χ4n) is 4.03. The van der Waals surface area contributed by atoms with E-state index in [9.17, 15) is 9.59 Å². The Morgan fingerprint density at radius 1 is 1.00 bits per heavy atom. The minimum absolute atomic E-state index is 0.0751. The summed E-state index contributed by atoms with van der Waals surface area (Å²) in [7, 11) is 2.75. The summed E-state index contributed by atoms with van der Waals surface area (Å²) in [5, 5.41) is 4.00. The number of methoxy groups -OCH3 is 2. The van der Waals surface area contributed by atoms with Gasteiger partial charge in [-0.25, -0.2) is 10.2 Å². The summed E-state index contributed by atoms with van der Waals surface area (Å²) in [5.74, 6) is 0.824. The summed E-state index contributed by atoms with van der Waals surface area (Å²) in [5.41, 5.74) is 6.27. The number of hydrogen-bond acceptors (Lipinski definition) is 8. The number of hydrogen-bond donors (Lipinski definition) is 1. The van der Waals surface area contributed by atoms with Gasteiger partial charge in [-0.3, -0.25) is 4.79 Å². The van der Waals surface area contributed by atoms with Crippen LogP contribution < -0.4 is 19.6 Å². The lowest BCUT2D eigenvalue weighted by Gasteiger charge is -2.16. The zero-order valence-electron chi connectivity index (χ0n) is 23.0. The van der Waals surface area contributed by atoms with Gasteiger partial charge in [0, 0.05) is 22.6 Å². The number of carbonyl (C=O) groups is 2. The summed E-state index contributed by atoms with van der Waals surface area (Å²) in [6, 6.07) is 20.2. The van der Waals surface area contributed by atoms with Crippen molar-refractivity contribution in [2.45, 2.75) is 33.5 Å². The second-order valence-electron chi connectivity index (χ2n) is 8.86. The van der Waals surface area contributed by atoms with E-state index in [4.69, 9.17) is 23.4 Å². The Kier molecular flexibility index (Phi) is 8.90. The van der Waals surface area contributed by atoms with E-state index in [0.717, 1.165) is 17.1 Å². The average molecular weight is 546 g/mol. The highest BCUT2D eigenvalue weighted by atomic mass is 16.6. The van der Waals surface area contributed by atoms with Crippen LogP contribution in [0, 0.1) is 13.8 Å². The second-order valence-corrected chi connectivity index (χ2v) is 8.86. The molecule has 0 unspecified atom stereocenters. The summed E-state index contributed by atoms with van der Waals surface area (Å²) in [6.07, 6.45) is 0.505. The molecule has 10 heteroatoms. The van der Waals surface area contributed by atoms with Gasteiger partial charge in [0.2, 0.25) is 0 Å². The summed E-state index contributed by atoms with van der Waals surface area (Å²) >= 11 is 0. The van der Waals surface area contributed by atoms with Crippen LogP contribution in [0.4, 0.5) is 0 Å². The number of rotatable bonds is 11. The van der Waals surface area contributed by atoms with Crippen LogP contribution in [0.1, 0.15) is 40.2 Å². The molecule has 4 aromatic rings. The molecular formula is C30H31N3O7. The maximum atomic E-state index is 12.6. The molecule has 0 saturated heterocycles. The standard InChI is InChI=1S/C30H31N3O7/c1-19-9-10-20(2)33(19)23-11-13-24(14-12-23)38-18-25-15-16-27(40-25)29(34)32-31-17-22-7-6-8-26(36-4)28(22)39-21(3)30(35)37-5/h6-17,21H,18H2,1-5H3,(H,32,34)/t21-/m0/s1. The maximum Gasteiger partial charge on any atom is 0.346 e. The second kappa shape index (κ2) is 12.7. The number of carbonyl (C=O) groups excluding carboxylic acids is 2. The SMILES string of the molecule is COC(=O)[C@H](C)Oc1c(C=NNC(=O)c2ccc(COc3ccc(-n4c(C)ccc4C)cc3)o2)cccc1OC. The van der Waals surface area contributed by atoms with Gasteiger partial charge in [-0.05, 0) is 81.4 Å². The largest absolute Gasteiger partial charge is 0.493 e. The van der Waals surface area contributed by atoms with Gasteiger partial charge in [0.1, 0.15) is 18.1 Å². The molecule has 0 aliphatic heterocycles. The fraction of sp³-hybridized carbons (Fsp3) is 0.233. The molecule has 4 rings (SSSR count). The number of nitrogens with zero attached hydrogens (tertiary/aromatic N) is 2. The van der Waals surface area contributed by atoms with Crippen LogP contribution in [0.3, 0.4) is 0 Å². The summed E-state index contributed by atoms with van der Waals surface area (Å²) in [4.78, 5) is 24.4. The molecule has 10 nitrogen and oxygen atoms in total. The molecule has 2 heterocycles. The number of furan rings is 1. The van der Waals surface area contributed by atoms with Crippen LogP contribution in [0.15, 0.2) is 76.2 Å². The molecule has 1 atom stereocenters. The van der Waals surface area contributed by atoms with Crippen LogP contribution in [0.2, 0.25) is 0 Å². The van der Waals surface area contributed by atoms with Gasteiger partial charge >= 0.3 is 11.9 Å². The quantitative estimate of drug-likeness (QED) is 0.161. The number of esters is 1. The van der Waals surface area contributed by atoms with Crippen LogP contribution in [0.25, 0.3) is 5.69 Å². The van der Waals surface area contributed by atoms with E-state index in [0.29, 0.717) is 22.8 Å². The van der Waals surface area contributed by atoms with E-state index < -0.39 is 18.0 Å². The van der Waals surface area contributed by atoms with Crippen LogP contribution in [-0.4, -0.2) is 43.0 Å². The Morgan fingerprint density at radius 2 is 1.73 bits per heavy atom. The highest BCUT2D eigenvalue weighted by Crippen LogP contribution is 2.31. The van der Waals surface area contributed by atoms with Gasteiger partial charge in [0.25, 0.3) is 0 Å². The van der Waals surface area contributed by atoms with E-state index in [1.54, 1.807) is 37.3 Å². The van der Waals surface area contributed by atoms with E-state index >= 15 is 0 Å². The van der Waals surface area contributed by atoms with Gasteiger partial charge < -0.3 is 27.9 Å². The highest BCUT2D eigenvalue weighted by molar-refractivity contribution is 5.93. The third-order valence-corrected chi connectivity index (χ3v) is 6.06. The van der Waals surface area contributed by atoms with Gasteiger partial charge in [-0.1, -0.05) is 6.07 Å². The molecular weight excluding hydrogens is 514 g/mol. The zero-order valence-corrected chi connectivity index (χ0v) is 23.0. The first kappa shape index (κ1) is 28.0. The number of ether oxygens (including phenoxy) is 4. The molecule has 2 aromatic carbocycles. The van der Waals surface area contributed by atoms with Gasteiger partial charge in [0.15, 0.2) is 23.4 Å². The number of aromatic nitrogens is 1. The monoisotopic (exact) mass is 545 g/mol. The van der Waals surface area contributed by atoms with Crippen molar-refractivity contribution >= 4 is 18.1 Å². The molecule has 40 heavy (non-hydrogen) atoms. The van der Waals surface area contributed by atoms with E-state index in [2.05, 4.69) is 41.1 Å². The smallest absolute Gasteiger partial charge is 0.346 e. The predicted octanol–water partition coefficient (Wildman–Crippen LogP) is 4.98. The highest BCUT2D eigenvalue weighted by Gasteiger charge is 2.19. The third kappa shape index (κ3) is 6.52. The molecule has 1 amide bonds. The van der Waals surface area contributed by atoms with Crippen molar-refractivity contribution in [3.05, 3.63) is 95.2 Å². The molecule has 0 aliphatic rings. The lowest BCUT2D eigenvalue weighted by atomic mass is 10.2. The molecule has 0 aliphatic carbocycles. The minimum atomic E-state index is -0.877. The van der Waals surface area contributed by atoms with Crippen molar-refractivity contribution < 1.29 is 33.0 Å². The molecule has 0 radical (unpaired) electrons. The molecule has 0 fully saturated rings. The number of amides is 1. The number of aryl methyl sites for hydroxylation is 2. The summed E-state index contributed by atoms with van der Waals surface area (Å²) < 4.78 is 29.4. The lowest BCUT2D eigenvalue weighted by molar-refractivity contribution is -0.147. The Balaban J connectivity index is 1.35. The maximum absolute atomic E-state index is 12.6. The first-order valence-electron chi connectivity index (χ1n) is 12.5. The first-order chi connectivity index (χ1) is 19.3. The Bertz CT molecular complexity index is 1480. The van der Waals surface area contributed by atoms with Crippen molar-refractivity contribution in [3.8, 4) is 22.9 Å². The molecule has 0 bridgehead atoms. The van der Waals surface area contributed by atoms with Crippen molar-refractivity contribution in [3.63, 3.8) is 0 Å². The summed E-state index contributed by atoms with van der Waals surface area (Å²) in [6.45, 7) is 5.83. The Hall–Kier alpha value is -4.99. The van der Waals surface area contributed by atoms with Crippen LogP contribution in [0.5, 0.6) is 17.2 Å². The molecule has 1 N–H and O–H groups in total. The van der Waals surface area contributed by atoms with Crippen molar-refractivity contribution in [2.75, 3.05) is 14.2 Å². The molecule has 0 spiro atoms. The first-order valence-corrected chi connectivity index (χ1v) is 12.5. The number of para-hydroxylation sites is 1. The van der Waals surface area contributed by atoms with Crippen molar-refractivity contribution in [1.29, 1.82) is 0 Å². The molecule has 208 valence electrons. The number of nitrogens with one attached hydrogen (secondary N) is 1. The molecule has 0 saturated carbocycles. The lowest BCUT2D eigenvalue weighted by Crippen LogP contribution is -2.25. The fourth-order valence-corrected chi connectivity index (χ4v) is 4.03. The van der Waals surface area contributed by atoms with Crippen LogP contribution >= 0.6 is 0 Å². The van der Waals surface area contributed by atoms with E-state index in [1.165, 1.54) is 20.4 Å². The minimum Gasteiger partial charge on any atom is -0.493 e. The van der Waals surface area contributed by atoms with E-state index in [1.807, 2.05) is 24.3 Å². The Morgan fingerprint density at radius 3 is 2.40 bits per heavy atom. The number of benzene rings is 2. The van der Waals surface area contributed by atoms with Gasteiger partial charge in [0.05, 0.1) is 20.4 Å². The number of hydrazone groups is 1. The topological polar surface area (TPSA) is 114 Å². The van der Waals surface area contributed by atoms with Gasteiger partial charge in [-0.2, -0.15) is 5.10 Å².